The summed E-state index contributed by atoms with van der Waals surface area (Å²) >= 11 is 12.1. The zero-order valence-electron chi connectivity index (χ0n) is 18.8. The molecular formula is C25H33Cl2N3O2. The van der Waals surface area contributed by atoms with Crippen molar-refractivity contribution in [3.05, 3.63) is 33.8 Å². The molecule has 1 aliphatic heterocycles. The minimum Gasteiger partial charge on any atom is -0.355 e. The van der Waals surface area contributed by atoms with Crippen LogP contribution < -0.4 is 10.6 Å². The Morgan fingerprint density at radius 3 is 2.56 bits per heavy atom. The van der Waals surface area contributed by atoms with Gasteiger partial charge in [0.05, 0.1) is 5.41 Å². The highest BCUT2D eigenvalue weighted by atomic mass is 35.5. The molecule has 3 amide bonds. The van der Waals surface area contributed by atoms with Gasteiger partial charge in [-0.15, -0.1) is 0 Å². The van der Waals surface area contributed by atoms with Crippen molar-refractivity contribution in [1.29, 1.82) is 0 Å². The number of halogens is 2. The lowest BCUT2D eigenvalue weighted by Gasteiger charge is -2.60. The van der Waals surface area contributed by atoms with E-state index in [1.807, 2.05) is 11.0 Å². The van der Waals surface area contributed by atoms with Gasteiger partial charge in [0.2, 0.25) is 5.91 Å². The maximum Gasteiger partial charge on any atom is 0.317 e. The number of urea groups is 1. The lowest BCUT2D eigenvalue weighted by molar-refractivity contribution is -0.155. The van der Waals surface area contributed by atoms with E-state index in [4.69, 9.17) is 23.2 Å². The second-order valence-corrected chi connectivity index (χ2v) is 12.1. The molecular weight excluding hydrogens is 445 g/mol. The number of hydrogen-bond donors (Lipinski definition) is 2. The van der Waals surface area contributed by atoms with Gasteiger partial charge in [0.1, 0.15) is 0 Å². The fraction of sp³-hybridized carbons (Fsp3) is 0.680. The lowest BCUT2D eigenvalue weighted by atomic mass is 9.44. The van der Waals surface area contributed by atoms with Crippen LogP contribution in [0.3, 0.4) is 0 Å². The van der Waals surface area contributed by atoms with E-state index in [0.717, 1.165) is 43.1 Å². The van der Waals surface area contributed by atoms with Crippen LogP contribution in [0.4, 0.5) is 4.79 Å². The van der Waals surface area contributed by atoms with Gasteiger partial charge in [-0.1, -0.05) is 36.2 Å². The molecule has 7 heteroatoms. The predicted molar refractivity (Wildman–Crippen MR) is 127 cm³/mol. The first-order chi connectivity index (χ1) is 15.2. The minimum atomic E-state index is -0.133. The highest BCUT2D eigenvalue weighted by Gasteiger charge is 2.58. The molecule has 1 aromatic carbocycles. The Morgan fingerprint density at radius 1 is 1.12 bits per heavy atom. The van der Waals surface area contributed by atoms with E-state index in [-0.39, 0.29) is 17.4 Å². The van der Waals surface area contributed by atoms with E-state index >= 15 is 0 Å². The van der Waals surface area contributed by atoms with Gasteiger partial charge in [-0.05, 0) is 85.8 Å². The average molecular weight is 478 g/mol. The Balaban J connectivity index is 1.10. The molecule has 0 spiro atoms. The topological polar surface area (TPSA) is 61.4 Å². The van der Waals surface area contributed by atoms with E-state index in [1.54, 1.807) is 12.1 Å². The second kappa shape index (κ2) is 8.39. The number of nitrogens with one attached hydrogen (secondary N) is 2. The van der Waals surface area contributed by atoms with E-state index in [2.05, 4.69) is 17.6 Å². The summed E-state index contributed by atoms with van der Waals surface area (Å²) in [5.74, 6) is 2.07. The van der Waals surface area contributed by atoms with Crippen molar-refractivity contribution >= 4 is 35.1 Å². The molecule has 4 aliphatic carbocycles. The smallest absolute Gasteiger partial charge is 0.317 e. The van der Waals surface area contributed by atoms with Crippen molar-refractivity contribution in [3.8, 4) is 0 Å². The zero-order valence-corrected chi connectivity index (χ0v) is 20.3. The molecule has 4 bridgehead atoms. The van der Waals surface area contributed by atoms with Crippen LogP contribution >= 0.6 is 23.2 Å². The molecule has 5 aliphatic rings. The molecule has 0 aromatic heterocycles. The molecule has 1 heterocycles. The number of amides is 3. The van der Waals surface area contributed by atoms with Crippen LogP contribution in [0.1, 0.15) is 57.4 Å². The summed E-state index contributed by atoms with van der Waals surface area (Å²) < 4.78 is 0. The van der Waals surface area contributed by atoms with Gasteiger partial charge in [-0.3, -0.25) is 4.79 Å². The average Bonchev–Trinajstić information content (AvgIpc) is 3.18. The molecule has 32 heavy (non-hydrogen) atoms. The van der Waals surface area contributed by atoms with Gasteiger partial charge < -0.3 is 15.5 Å². The van der Waals surface area contributed by atoms with Gasteiger partial charge in [-0.2, -0.15) is 0 Å². The Bertz CT molecular complexity index is 906. The number of rotatable bonds is 5. The number of likely N-dealkylation sites (tertiary alicyclic amines) is 1. The van der Waals surface area contributed by atoms with Crippen LogP contribution in [0.15, 0.2) is 18.2 Å². The quantitative estimate of drug-likeness (QED) is 0.608. The Hall–Kier alpha value is -1.46. The van der Waals surface area contributed by atoms with Crippen LogP contribution in [0, 0.1) is 28.6 Å². The summed E-state index contributed by atoms with van der Waals surface area (Å²) in [4.78, 5) is 27.7. The molecule has 1 aromatic rings. The summed E-state index contributed by atoms with van der Waals surface area (Å²) in [5.41, 5.74) is 1.08. The highest BCUT2D eigenvalue weighted by Crippen LogP contribution is 2.65. The van der Waals surface area contributed by atoms with Crippen LogP contribution in [0.5, 0.6) is 0 Å². The van der Waals surface area contributed by atoms with E-state index in [9.17, 15) is 9.59 Å². The van der Waals surface area contributed by atoms with E-state index in [1.165, 1.54) is 19.3 Å². The van der Waals surface area contributed by atoms with E-state index in [0.29, 0.717) is 47.6 Å². The van der Waals surface area contributed by atoms with Gasteiger partial charge in [0.15, 0.2) is 0 Å². The van der Waals surface area contributed by atoms with Crippen LogP contribution in [0.2, 0.25) is 10.0 Å². The third-order valence-corrected chi connectivity index (χ3v) is 8.99. The van der Waals surface area contributed by atoms with Crippen molar-refractivity contribution in [3.63, 3.8) is 0 Å². The maximum absolute atomic E-state index is 13.3. The number of benzene rings is 1. The van der Waals surface area contributed by atoms with Crippen molar-refractivity contribution in [2.45, 2.75) is 58.4 Å². The molecule has 0 radical (unpaired) electrons. The fourth-order valence-electron chi connectivity index (χ4n) is 7.54. The maximum atomic E-state index is 13.3. The van der Waals surface area contributed by atoms with Crippen molar-refractivity contribution in [2.75, 3.05) is 19.6 Å². The Labute approximate surface area is 200 Å². The van der Waals surface area contributed by atoms with Crippen molar-refractivity contribution in [1.82, 2.24) is 15.5 Å². The van der Waals surface area contributed by atoms with Crippen LogP contribution in [-0.2, 0) is 11.3 Å². The normalized spacial score (nSPS) is 35.2. The molecule has 4 saturated carbocycles. The fourth-order valence-corrected chi connectivity index (χ4v) is 8.02. The molecule has 3 atom stereocenters. The van der Waals surface area contributed by atoms with Gasteiger partial charge in [-0.25, -0.2) is 4.79 Å². The van der Waals surface area contributed by atoms with Crippen LogP contribution in [-0.4, -0.2) is 36.5 Å². The van der Waals surface area contributed by atoms with Crippen LogP contribution in [0.25, 0.3) is 0 Å². The molecule has 3 unspecified atom stereocenters. The monoisotopic (exact) mass is 477 g/mol. The first kappa shape index (κ1) is 22.3. The second-order valence-electron chi connectivity index (χ2n) is 11.3. The molecule has 174 valence electrons. The van der Waals surface area contributed by atoms with Crippen molar-refractivity contribution < 1.29 is 9.59 Å². The first-order valence-corrected chi connectivity index (χ1v) is 12.7. The SMILES string of the molecule is CC12CC3CC(C1)CC(C(=O)NCC1CCN(C(=O)NCc4ccc(Cl)cc4Cl)C1)(C3)C2. The Kier molecular flexibility index (Phi) is 5.86. The molecule has 1 saturated heterocycles. The van der Waals surface area contributed by atoms with E-state index < -0.39 is 0 Å². The summed E-state index contributed by atoms with van der Waals surface area (Å²) in [7, 11) is 0. The zero-order chi connectivity index (χ0) is 22.5. The minimum absolute atomic E-state index is 0.0844. The van der Waals surface area contributed by atoms with Crippen molar-refractivity contribution in [2.24, 2.45) is 28.6 Å². The number of hydrogen-bond acceptors (Lipinski definition) is 2. The number of carbonyl (C=O) groups excluding carboxylic acids is 2. The standard InChI is InChI=1S/C25H33Cl2N3O2/c1-24-8-17-6-18(9-24)11-25(10-17,15-24)22(31)28-12-16-4-5-30(14-16)23(32)29-13-19-2-3-20(26)7-21(19)27/h2-3,7,16-18H,4-6,8-15H2,1H3,(H,28,31)(H,29,32). The van der Waals surface area contributed by atoms with Gasteiger partial charge in [0.25, 0.3) is 0 Å². The summed E-state index contributed by atoms with van der Waals surface area (Å²) in [6.07, 6.45) is 8.10. The third kappa shape index (κ3) is 4.35. The molecule has 5 fully saturated rings. The highest BCUT2D eigenvalue weighted by molar-refractivity contribution is 6.35. The first-order valence-electron chi connectivity index (χ1n) is 12.0. The lowest BCUT2D eigenvalue weighted by Crippen LogP contribution is -2.57. The third-order valence-electron chi connectivity index (χ3n) is 8.40. The number of nitrogens with zero attached hydrogens (tertiary/aromatic N) is 1. The summed E-state index contributed by atoms with van der Waals surface area (Å²) in [6, 6.07) is 5.20. The molecule has 5 nitrogen and oxygen atoms in total. The molecule has 6 rings (SSSR count). The largest absolute Gasteiger partial charge is 0.355 e. The summed E-state index contributed by atoms with van der Waals surface area (Å²) in [5, 5.41) is 7.39. The molecule has 2 N–H and O–H groups in total. The number of carbonyl (C=O) groups is 2. The summed E-state index contributed by atoms with van der Waals surface area (Å²) in [6.45, 7) is 4.83. The predicted octanol–water partition coefficient (Wildman–Crippen LogP) is 5.25. The van der Waals surface area contributed by atoms with Gasteiger partial charge >= 0.3 is 6.03 Å². The van der Waals surface area contributed by atoms with Gasteiger partial charge in [0, 0.05) is 36.2 Å². The Morgan fingerprint density at radius 2 is 1.88 bits per heavy atom.